The van der Waals surface area contributed by atoms with Gasteiger partial charge in [0.05, 0.1) is 0 Å². The first kappa shape index (κ1) is 14.7. The number of rotatable bonds is 0. The fourth-order valence-electron chi connectivity index (χ4n) is 3.46. The van der Waals surface area contributed by atoms with Crippen LogP contribution in [0.2, 0.25) is 0 Å². The second-order valence-electron chi connectivity index (χ2n) is 6.31. The summed E-state index contributed by atoms with van der Waals surface area (Å²) in [6, 6.07) is 15.1. The number of benzene rings is 2. The molecule has 4 aromatic rings. The molecule has 122 valence electrons. The topological polar surface area (TPSA) is 35.6 Å². The van der Waals surface area contributed by atoms with Crippen molar-refractivity contribution in [1.82, 2.24) is 19.1 Å². The minimum atomic E-state index is 0.807. The van der Waals surface area contributed by atoms with Crippen molar-refractivity contribution in [3.8, 4) is 22.8 Å². The van der Waals surface area contributed by atoms with E-state index in [1.54, 1.807) is 0 Å². The van der Waals surface area contributed by atoms with Crippen LogP contribution in [-0.2, 0) is 13.1 Å². The van der Waals surface area contributed by atoms with Crippen LogP contribution in [0.3, 0.4) is 0 Å². The van der Waals surface area contributed by atoms with Gasteiger partial charge in [-0.25, -0.2) is 9.97 Å². The highest BCUT2D eigenvalue weighted by atomic mass is 79.9. The van der Waals surface area contributed by atoms with Crippen molar-refractivity contribution in [3.63, 3.8) is 0 Å². The number of nitrogens with zero attached hydrogens (tertiary/aromatic N) is 4. The van der Waals surface area contributed by atoms with Crippen molar-refractivity contribution in [2.75, 3.05) is 0 Å². The first-order chi connectivity index (χ1) is 12.3. The molecule has 4 nitrogen and oxygen atoms in total. The fraction of sp³-hybridized carbons (Fsp3) is 0.100. The molecule has 2 aromatic heterocycles. The summed E-state index contributed by atoms with van der Waals surface area (Å²) in [6.45, 7) is 1.61. The SMILES string of the molecule is Brc1cc2cc(c1)-c1nccn1Cc1cccc(c1)Cn1ccnc1-2. The Bertz CT molecular complexity index is 999. The van der Waals surface area contributed by atoms with E-state index in [4.69, 9.17) is 0 Å². The zero-order valence-corrected chi connectivity index (χ0v) is 15.0. The smallest absolute Gasteiger partial charge is 0.140 e. The molecule has 1 aliphatic heterocycles. The van der Waals surface area contributed by atoms with E-state index in [0.29, 0.717) is 0 Å². The summed E-state index contributed by atoms with van der Waals surface area (Å²) in [6.07, 6.45) is 7.80. The van der Waals surface area contributed by atoms with Crippen LogP contribution in [0.1, 0.15) is 11.1 Å². The van der Waals surface area contributed by atoms with Crippen LogP contribution < -0.4 is 0 Å². The van der Waals surface area contributed by atoms with Gasteiger partial charge in [0.2, 0.25) is 0 Å². The van der Waals surface area contributed by atoms with Crippen molar-refractivity contribution in [1.29, 1.82) is 0 Å². The molecule has 25 heavy (non-hydrogen) atoms. The molecule has 0 spiro atoms. The van der Waals surface area contributed by atoms with E-state index in [1.165, 1.54) is 11.1 Å². The number of hydrogen-bond acceptors (Lipinski definition) is 2. The predicted octanol–water partition coefficient (Wildman–Crippen LogP) is 4.59. The Balaban J connectivity index is 1.80. The lowest BCUT2D eigenvalue weighted by Gasteiger charge is -2.15. The van der Waals surface area contributed by atoms with Crippen molar-refractivity contribution in [2.45, 2.75) is 13.1 Å². The Kier molecular flexibility index (Phi) is 3.35. The molecule has 0 unspecified atom stereocenters. The van der Waals surface area contributed by atoms with Gasteiger partial charge in [-0.15, -0.1) is 0 Å². The van der Waals surface area contributed by atoms with Gasteiger partial charge in [0.15, 0.2) is 0 Å². The standard InChI is InChI=1S/C20H15BrN4/c21-18-10-16-9-17(11-18)20-23-5-7-25(20)13-15-3-1-2-14(8-15)12-24-6-4-22-19(16)24/h1-11H,12-13H2. The highest BCUT2D eigenvalue weighted by molar-refractivity contribution is 9.10. The van der Waals surface area contributed by atoms with Gasteiger partial charge < -0.3 is 9.13 Å². The van der Waals surface area contributed by atoms with Gasteiger partial charge in [0, 0.05) is 53.5 Å². The van der Waals surface area contributed by atoms with E-state index in [2.05, 4.69) is 77.5 Å². The second-order valence-corrected chi connectivity index (χ2v) is 7.22. The molecular weight excluding hydrogens is 376 g/mol. The average molecular weight is 391 g/mol. The van der Waals surface area contributed by atoms with Gasteiger partial charge in [-0.05, 0) is 29.3 Å². The van der Waals surface area contributed by atoms with E-state index in [0.717, 1.165) is 40.3 Å². The Labute approximate surface area is 153 Å². The van der Waals surface area contributed by atoms with Crippen molar-refractivity contribution < 1.29 is 0 Å². The van der Waals surface area contributed by atoms with E-state index in [-0.39, 0.29) is 0 Å². The van der Waals surface area contributed by atoms with E-state index < -0.39 is 0 Å². The molecular formula is C20H15BrN4. The predicted molar refractivity (Wildman–Crippen MR) is 101 cm³/mol. The Morgan fingerprint density at radius 2 is 1.32 bits per heavy atom. The number of halogens is 1. The maximum Gasteiger partial charge on any atom is 0.140 e. The molecule has 4 bridgehead atoms. The van der Waals surface area contributed by atoms with Gasteiger partial charge in [0.25, 0.3) is 0 Å². The van der Waals surface area contributed by atoms with Crippen LogP contribution in [0.15, 0.2) is 71.7 Å². The van der Waals surface area contributed by atoms with Crippen LogP contribution in [0.25, 0.3) is 22.8 Å². The summed E-state index contributed by atoms with van der Waals surface area (Å²) in [5.74, 6) is 1.93. The lowest BCUT2D eigenvalue weighted by molar-refractivity contribution is 0.784. The van der Waals surface area contributed by atoms with E-state index >= 15 is 0 Å². The third-order valence-electron chi connectivity index (χ3n) is 4.54. The zero-order valence-electron chi connectivity index (χ0n) is 13.4. The maximum absolute atomic E-state index is 4.60. The molecule has 0 saturated heterocycles. The normalized spacial score (nSPS) is 12.7. The summed E-state index contributed by atoms with van der Waals surface area (Å²) < 4.78 is 5.41. The minimum absolute atomic E-state index is 0.807. The number of imidazole rings is 2. The van der Waals surface area contributed by atoms with Crippen molar-refractivity contribution in [3.05, 3.63) is 82.9 Å². The fourth-order valence-corrected chi connectivity index (χ4v) is 3.96. The lowest BCUT2D eigenvalue weighted by atomic mass is 10.1. The van der Waals surface area contributed by atoms with Gasteiger partial charge in [-0.1, -0.05) is 40.2 Å². The molecule has 5 heteroatoms. The molecule has 0 radical (unpaired) electrons. The minimum Gasteiger partial charge on any atom is -0.327 e. The molecule has 0 aliphatic carbocycles. The van der Waals surface area contributed by atoms with Crippen molar-refractivity contribution >= 4 is 15.9 Å². The van der Waals surface area contributed by atoms with Crippen molar-refractivity contribution in [2.24, 2.45) is 0 Å². The van der Waals surface area contributed by atoms with Gasteiger partial charge in [0.1, 0.15) is 11.6 Å². The first-order valence-electron chi connectivity index (χ1n) is 8.18. The average Bonchev–Trinajstić information content (AvgIpc) is 3.23. The molecule has 0 amide bonds. The van der Waals surface area contributed by atoms with E-state index in [1.807, 2.05) is 24.8 Å². The molecule has 3 heterocycles. The van der Waals surface area contributed by atoms with Crippen LogP contribution >= 0.6 is 15.9 Å². The largest absolute Gasteiger partial charge is 0.327 e. The summed E-state index contributed by atoms with van der Waals surface area (Å²) >= 11 is 3.65. The summed E-state index contributed by atoms with van der Waals surface area (Å²) in [5, 5.41) is 0. The zero-order chi connectivity index (χ0) is 16.8. The van der Waals surface area contributed by atoms with Gasteiger partial charge in [-0.2, -0.15) is 0 Å². The van der Waals surface area contributed by atoms with E-state index in [9.17, 15) is 0 Å². The number of fused-ring (bicyclic) bond motifs is 8. The molecule has 0 saturated carbocycles. The quantitative estimate of drug-likeness (QED) is 0.387. The lowest BCUT2D eigenvalue weighted by Crippen LogP contribution is -2.06. The number of aromatic nitrogens is 4. The molecule has 0 fully saturated rings. The maximum atomic E-state index is 4.60. The van der Waals surface area contributed by atoms with Gasteiger partial charge >= 0.3 is 0 Å². The van der Waals surface area contributed by atoms with Crippen LogP contribution in [0, 0.1) is 0 Å². The summed E-state index contributed by atoms with van der Waals surface area (Å²) in [5.41, 5.74) is 4.71. The molecule has 5 rings (SSSR count). The second kappa shape index (κ2) is 5.70. The molecule has 2 aromatic carbocycles. The highest BCUT2D eigenvalue weighted by Gasteiger charge is 2.14. The third-order valence-corrected chi connectivity index (χ3v) is 5.00. The summed E-state index contributed by atoms with van der Waals surface area (Å²) in [7, 11) is 0. The molecule has 0 N–H and O–H groups in total. The van der Waals surface area contributed by atoms with Gasteiger partial charge in [-0.3, -0.25) is 0 Å². The van der Waals surface area contributed by atoms with Crippen LogP contribution in [0.5, 0.6) is 0 Å². The van der Waals surface area contributed by atoms with Crippen LogP contribution in [0.4, 0.5) is 0 Å². The molecule has 1 aliphatic rings. The highest BCUT2D eigenvalue weighted by Crippen LogP contribution is 2.30. The Morgan fingerprint density at radius 1 is 0.760 bits per heavy atom. The summed E-state index contributed by atoms with van der Waals surface area (Å²) in [4.78, 5) is 9.20. The Morgan fingerprint density at radius 3 is 1.88 bits per heavy atom. The Hall–Kier alpha value is -2.66. The first-order valence-corrected chi connectivity index (χ1v) is 8.97. The third kappa shape index (κ3) is 2.61. The van der Waals surface area contributed by atoms with Crippen LogP contribution in [-0.4, -0.2) is 19.1 Å². The molecule has 0 atom stereocenters. The number of hydrogen-bond donors (Lipinski definition) is 0. The monoisotopic (exact) mass is 390 g/mol.